The van der Waals surface area contributed by atoms with Gasteiger partial charge in [-0.05, 0) is 146 Å². The Hall–Kier alpha value is -3.88. The van der Waals surface area contributed by atoms with E-state index in [2.05, 4.69) is 156 Å². The molecule has 308 valence electrons. The van der Waals surface area contributed by atoms with Gasteiger partial charge in [-0.1, -0.05) is 83.8 Å². The lowest BCUT2D eigenvalue weighted by Crippen LogP contribution is -2.09. The Morgan fingerprint density at radius 3 is 1.09 bits per heavy atom. The Labute approximate surface area is 363 Å². The summed E-state index contributed by atoms with van der Waals surface area (Å²) in [6.07, 6.45) is 7.37. The van der Waals surface area contributed by atoms with Crippen LogP contribution in [0, 0.1) is 27.7 Å². The molecule has 0 saturated carbocycles. The second-order valence-corrected chi connectivity index (χ2v) is 17.6. The molecule has 8 bridgehead atoms. The van der Waals surface area contributed by atoms with Crippen LogP contribution >= 0.6 is 31.9 Å². The molecular weight excluding hydrogens is 848 g/mol. The highest BCUT2D eigenvalue weighted by Crippen LogP contribution is 2.43. The normalized spacial score (nSPS) is 15.3. The van der Waals surface area contributed by atoms with Crippen molar-refractivity contribution >= 4 is 31.9 Å². The first kappa shape index (κ1) is 42.3. The molecular formula is C50H62Br2N4O2. The molecule has 1 aliphatic heterocycles. The minimum atomic E-state index is -0.0164. The van der Waals surface area contributed by atoms with E-state index in [0.717, 1.165) is 73.5 Å². The molecule has 6 aromatic rings. The van der Waals surface area contributed by atoms with E-state index in [4.69, 9.17) is 9.47 Å². The standard InChI is InChI=1S/C50H62Br2N4O2/c1-9-37-29(5)47-45(33-17-13-19-35(25-33)57-23-15-21-51)48-31(7)39(11-3)43(55-48)28-44-40(12-4)32(8)50(56-44)46(34-18-14-20-36(26-34)58-24-16-22-52)49-30(6)38(10-2)42(54-49)27-41(37)53-47/h13-14,17-20,25-26,45-46,53-56H,9-12,15-16,21-24,27-28H2,1-8H3. The van der Waals surface area contributed by atoms with Crippen LogP contribution in [0.5, 0.6) is 11.5 Å². The minimum Gasteiger partial charge on any atom is -0.494 e. The van der Waals surface area contributed by atoms with Crippen molar-refractivity contribution in [2.24, 2.45) is 0 Å². The van der Waals surface area contributed by atoms with Crippen molar-refractivity contribution in [2.75, 3.05) is 23.9 Å². The molecule has 0 spiro atoms. The Balaban J connectivity index is 1.49. The van der Waals surface area contributed by atoms with E-state index in [1.165, 1.54) is 101 Å². The average Bonchev–Trinajstić information content (AvgIpc) is 3.91. The smallest absolute Gasteiger partial charge is 0.119 e. The largest absolute Gasteiger partial charge is 0.494 e. The van der Waals surface area contributed by atoms with Crippen LogP contribution < -0.4 is 9.47 Å². The fourth-order valence-corrected chi connectivity index (χ4v) is 10.4. The van der Waals surface area contributed by atoms with Crippen LogP contribution in [-0.2, 0) is 38.5 Å². The summed E-state index contributed by atoms with van der Waals surface area (Å²) in [6, 6.07) is 17.6. The molecule has 4 N–H and O–H groups in total. The van der Waals surface area contributed by atoms with Crippen LogP contribution in [0.2, 0.25) is 0 Å². The number of hydrogen-bond acceptors (Lipinski definition) is 2. The number of nitrogens with one attached hydrogen (secondary N) is 4. The summed E-state index contributed by atoms with van der Waals surface area (Å²) in [5, 5.41) is 1.85. The average molecular weight is 911 g/mol. The summed E-state index contributed by atoms with van der Waals surface area (Å²) >= 11 is 7.14. The maximum atomic E-state index is 6.30. The van der Waals surface area contributed by atoms with Crippen molar-refractivity contribution in [2.45, 2.75) is 119 Å². The number of aromatic nitrogens is 4. The predicted molar refractivity (Wildman–Crippen MR) is 248 cm³/mol. The lowest BCUT2D eigenvalue weighted by molar-refractivity contribution is 0.318. The number of alkyl halides is 2. The molecule has 6 nitrogen and oxygen atoms in total. The van der Waals surface area contributed by atoms with E-state index in [9.17, 15) is 0 Å². The highest BCUT2D eigenvalue weighted by molar-refractivity contribution is 9.09. The van der Waals surface area contributed by atoms with Gasteiger partial charge >= 0.3 is 0 Å². The lowest BCUT2D eigenvalue weighted by atomic mass is 9.87. The first-order valence-electron chi connectivity index (χ1n) is 21.6. The predicted octanol–water partition coefficient (Wildman–Crippen LogP) is 12.7. The van der Waals surface area contributed by atoms with Crippen LogP contribution in [0.15, 0.2) is 48.5 Å². The quantitative estimate of drug-likeness (QED) is 0.0648. The molecule has 0 radical (unpaired) electrons. The molecule has 8 heteroatoms. The summed E-state index contributed by atoms with van der Waals surface area (Å²) in [4.78, 5) is 16.5. The summed E-state index contributed by atoms with van der Waals surface area (Å²) in [5.41, 5.74) is 23.7. The van der Waals surface area contributed by atoms with E-state index >= 15 is 0 Å². The van der Waals surface area contributed by atoms with Gasteiger partial charge in [0.25, 0.3) is 0 Å². The first-order valence-corrected chi connectivity index (χ1v) is 23.8. The summed E-state index contributed by atoms with van der Waals surface area (Å²) < 4.78 is 12.6. The number of benzene rings is 2. The van der Waals surface area contributed by atoms with Gasteiger partial charge in [0.15, 0.2) is 0 Å². The number of ether oxygens (including phenoxy) is 2. The molecule has 1 aliphatic rings. The zero-order chi connectivity index (χ0) is 41.1. The molecule has 2 aromatic carbocycles. The van der Waals surface area contributed by atoms with Gasteiger partial charge in [0, 0.05) is 69.1 Å². The number of H-pyrrole nitrogens is 4. The maximum absolute atomic E-state index is 6.30. The molecule has 0 fully saturated rings. The molecule has 0 amide bonds. The second-order valence-electron chi connectivity index (χ2n) is 16.0. The van der Waals surface area contributed by atoms with Crippen molar-refractivity contribution in [3.63, 3.8) is 0 Å². The van der Waals surface area contributed by atoms with Gasteiger partial charge in [0.1, 0.15) is 11.5 Å². The van der Waals surface area contributed by atoms with E-state index in [1.54, 1.807) is 0 Å². The number of hydrogen-bond donors (Lipinski definition) is 4. The fourth-order valence-electron chi connectivity index (χ4n) is 9.92. The minimum absolute atomic E-state index is 0.0164. The van der Waals surface area contributed by atoms with Crippen LogP contribution in [0.3, 0.4) is 0 Å². The van der Waals surface area contributed by atoms with Crippen LogP contribution in [0.1, 0.15) is 154 Å². The van der Waals surface area contributed by atoms with Crippen molar-refractivity contribution in [1.29, 1.82) is 0 Å². The molecule has 0 aliphatic carbocycles. The summed E-state index contributed by atoms with van der Waals surface area (Å²) in [5.74, 6) is 1.80. The Morgan fingerprint density at radius 1 is 0.500 bits per heavy atom. The number of fused-ring (bicyclic) bond motifs is 8. The SMILES string of the molecule is CCc1c2[nH]c(c1C)C(c1cccc(OCCCBr)c1)c1[nH]c(c(CC)c1C)Cc1[nH]c(c(C)c1CC)C(c1cccc(OCCCBr)c1)c1[nH]c(c(CC)c1C)C2. The lowest BCUT2D eigenvalue weighted by Gasteiger charge is -2.20. The third kappa shape index (κ3) is 8.04. The Bertz CT molecular complexity index is 2080. The zero-order valence-electron chi connectivity index (χ0n) is 35.8. The van der Waals surface area contributed by atoms with Crippen LogP contribution in [-0.4, -0.2) is 43.8 Å². The monoisotopic (exact) mass is 908 g/mol. The van der Waals surface area contributed by atoms with Crippen molar-refractivity contribution < 1.29 is 9.47 Å². The highest BCUT2D eigenvalue weighted by atomic mass is 79.9. The number of halogens is 2. The van der Waals surface area contributed by atoms with E-state index in [0.29, 0.717) is 13.2 Å². The van der Waals surface area contributed by atoms with Gasteiger partial charge in [-0.2, -0.15) is 0 Å². The van der Waals surface area contributed by atoms with E-state index in [1.807, 2.05) is 0 Å². The molecule has 58 heavy (non-hydrogen) atoms. The Morgan fingerprint density at radius 2 is 0.810 bits per heavy atom. The second kappa shape index (κ2) is 18.6. The van der Waals surface area contributed by atoms with Gasteiger partial charge < -0.3 is 29.4 Å². The molecule has 0 unspecified atom stereocenters. The van der Waals surface area contributed by atoms with Gasteiger partial charge in [-0.25, -0.2) is 0 Å². The molecule has 5 heterocycles. The summed E-state index contributed by atoms with van der Waals surface area (Å²) in [7, 11) is 0. The van der Waals surface area contributed by atoms with Crippen LogP contribution in [0.25, 0.3) is 0 Å². The highest BCUT2D eigenvalue weighted by Gasteiger charge is 2.32. The van der Waals surface area contributed by atoms with Gasteiger partial charge in [0.05, 0.1) is 25.0 Å². The van der Waals surface area contributed by atoms with E-state index in [-0.39, 0.29) is 11.8 Å². The topological polar surface area (TPSA) is 81.6 Å². The maximum Gasteiger partial charge on any atom is 0.119 e. The summed E-state index contributed by atoms with van der Waals surface area (Å²) in [6.45, 7) is 19.9. The van der Waals surface area contributed by atoms with E-state index < -0.39 is 0 Å². The van der Waals surface area contributed by atoms with Crippen molar-refractivity contribution in [3.8, 4) is 11.5 Å². The molecule has 7 rings (SSSR count). The fraction of sp³-hybridized carbons (Fsp3) is 0.440. The third-order valence-corrected chi connectivity index (χ3v) is 13.9. The molecule has 4 aromatic heterocycles. The third-order valence-electron chi connectivity index (χ3n) is 12.8. The van der Waals surface area contributed by atoms with Crippen molar-refractivity contribution in [3.05, 3.63) is 150 Å². The van der Waals surface area contributed by atoms with Crippen molar-refractivity contribution in [1.82, 2.24) is 19.9 Å². The van der Waals surface area contributed by atoms with Gasteiger partial charge in [-0.15, -0.1) is 0 Å². The van der Waals surface area contributed by atoms with Gasteiger partial charge in [0.2, 0.25) is 0 Å². The number of aromatic amines is 4. The number of rotatable bonds is 14. The van der Waals surface area contributed by atoms with Crippen LogP contribution in [0.4, 0.5) is 0 Å². The first-order chi connectivity index (χ1) is 28.2. The Kier molecular flexibility index (Phi) is 13.5. The molecule has 0 saturated heterocycles. The van der Waals surface area contributed by atoms with Gasteiger partial charge in [-0.3, -0.25) is 0 Å². The zero-order valence-corrected chi connectivity index (χ0v) is 39.0. The molecule has 0 atom stereocenters.